The standard InChI is InChI=1S/C26H20ClN3OS/c1-18-26-24(30(17-29-18)15-19-5-9-21(27)10-6-19)14-25(32-26)20-7-11-23(12-8-20)31-16-22-4-2-3-13-28-22/h2-14,17H,1,15-16H2. The zero-order valence-electron chi connectivity index (χ0n) is 17.2. The second-order valence-electron chi connectivity index (χ2n) is 7.40. The van der Waals surface area contributed by atoms with E-state index >= 15 is 0 Å². The van der Waals surface area contributed by atoms with E-state index in [0.29, 0.717) is 6.61 Å². The molecule has 6 heteroatoms. The lowest BCUT2D eigenvalue weighted by atomic mass is 10.1. The van der Waals surface area contributed by atoms with Crippen molar-refractivity contribution in [2.24, 2.45) is 4.99 Å². The molecule has 2 aromatic heterocycles. The van der Waals surface area contributed by atoms with Crippen molar-refractivity contribution >= 4 is 40.7 Å². The highest BCUT2D eigenvalue weighted by molar-refractivity contribution is 7.17. The van der Waals surface area contributed by atoms with E-state index in [-0.39, 0.29) is 0 Å². The Bertz CT molecular complexity index is 1260. The summed E-state index contributed by atoms with van der Waals surface area (Å²) >= 11 is 7.73. The van der Waals surface area contributed by atoms with Gasteiger partial charge < -0.3 is 9.64 Å². The number of hydrogen-bond acceptors (Lipinski definition) is 5. The predicted octanol–water partition coefficient (Wildman–Crippen LogP) is 7.06. The molecular formula is C26H20ClN3OS. The topological polar surface area (TPSA) is 37.7 Å². The Hall–Kier alpha value is -3.41. The van der Waals surface area contributed by atoms with Crippen LogP contribution in [0.5, 0.6) is 5.75 Å². The van der Waals surface area contributed by atoms with Crippen LogP contribution in [-0.2, 0) is 13.2 Å². The SMILES string of the molecule is C=C1N=CN(Cc2ccc(Cl)cc2)c2cc(-c3ccc(OCc4ccccn4)cc3)sc21. The smallest absolute Gasteiger partial charge is 0.130 e. The highest BCUT2D eigenvalue weighted by Crippen LogP contribution is 2.42. The van der Waals surface area contributed by atoms with Crippen LogP contribution >= 0.6 is 22.9 Å². The summed E-state index contributed by atoms with van der Waals surface area (Å²) in [5.41, 5.74) is 5.12. The van der Waals surface area contributed by atoms with Crippen molar-refractivity contribution in [2.45, 2.75) is 13.2 Å². The van der Waals surface area contributed by atoms with Gasteiger partial charge in [0, 0.05) is 22.6 Å². The van der Waals surface area contributed by atoms with Crippen molar-refractivity contribution in [3.8, 4) is 16.2 Å². The van der Waals surface area contributed by atoms with Gasteiger partial charge in [0.1, 0.15) is 12.4 Å². The van der Waals surface area contributed by atoms with Gasteiger partial charge in [-0.25, -0.2) is 4.99 Å². The molecule has 0 saturated heterocycles. The zero-order valence-corrected chi connectivity index (χ0v) is 18.8. The predicted molar refractivity (Wildman–Crippen MR) is 133 cm³/mol. The third-order valence-electron chi connectivity index (χ3n) is 5.15. The number of halogens is 1. The van der Waals surface area contributed by atoms with Gasteiger partial charge in [-0.05, 0) is 65.7 Å². The summed E-state index contributed by atoms with van der Waals surface area (Å²) < 4.78 is 5.86. The molecule has 0 atom stereocenters. The fourth-order valence-electron chi connectivity index (χ4n) is 3.47. The van der Waals surface area contributed by atoms with Gasteiger partial charge in [-0.2, -0.15) is 0 Å². The summed E-state index contributed by atoms with van der Waals surface area (Å²) in [5.74, 6) is 0.817. The van der Waals surface area contributed by atoms with Crippen molar-refractivity contribution < 1.29 is 4.74 Å². The largest absolute Gasteiger partial charge is 0.487 e. The van der Waals surface area contributed by atoms with E-state index in [1.165, 1.54) is 10.4 Å². The minimum atomic E-state index is 0.449. The zero-order chi connectivity index (χ0) is 21.9. The van der Waals surface area contributed by atoms with Crippen molar-refractivity contribution in [1.29, 1.82) is 0 Å². The molecule has 0 N–H and O–H groups in total. The number of rotatable bonds is 6. The van der Waals surface area contributed by atoms with E-state index in [1.54, 1.807) is 17.5 Å². The number of ether oxygens (including phenoxy) is 1. The molecule has 0 saturated carbocycles. The van der Waals surface area contributed by atoms with Crippen LogP contribution in [0, 0.1) is 0 Å². The molecule has 158 valence electrons. The van der Waals surface area contributed by atoms with Crippen LogP contribution in [0.1, 0.15) is 16.1 Å². The molecule has 0 unspecified atom stereocenters. The second kappa shape index (κ2) is 8.99. The average molecular weight is 458 g/mol. The van der Waals surface area contributed by atoms with Gasteiger partial charge in [-0.3, -0.25) is 4.98 Å². The molecule has 0 aliphatic carbocycles. The quantitative estimate of drug-likeness (QED) is 0.311. The van der Waals surface area contributed by atoms with Crippen molar-refractivity contribution in [3.05, 3.63) is 107 Å². The minimum Gasteiger partial charge on any atom is -0.487 e. The fourth-order valence-corrected chi connectivity index (χ4v) is 4.69. The maximum Gasteiger partial charge on any atom is 0.130 e. The Kier molecular flexibility index (Phi) is 5.75. The lowest BCUT2D eigenvalue weighted by molar-refractivity contribution is 0.301. The molecule has 0 amide bonds. The van der Waals surface area contributed by atoms with E-state index in [1.807, 2.05) is 60.9 Å². The van der Waals surface area contributed by atoms with Crippen LogP contribution in [0.15, 0.2) is 90.6 Å². The van der Waals surface area contributed by atoms with E-state index in [4.69, 9.17) is 16.3 Å². The molecule has 0 bridgehead atoms. The maximum absolute atomic E-state index is 6.03. The monoisotopic (exact) mass is 457 g/mol. The van der Waals surface area contributed by atoms with Crippen LogP contribution in [0.3, 0.4) is 0 Å². The normalized spacial score (nSPS) is 12.7. The Morgan fingerprint density at radius 1 is 1.00 bits per heavy atom. The number of anilines is 1. The average Bonchev–Trinajstić information content (AvgIpc) is 3.29. The Morgan fingerprint density at radius 2 is 1.81 bits per heavy atom. The van der Waals surface area contributed by atoms with Gasteiger partial charge in [-0.15, -0.1) is 11.3 Å². The molecule has 0 fully saturated rings. The van der Waals surface area contributed by atoms with E-state index in [9.17, 15) is 0 Å². The Morgan fingerprint density at radius 3 is 2.56 bits per heavy atom. The fraction of sp³-hybridized carbons (Fsp3) is 0.0769. The molecular weight excluding hydrogens is 438 g/mol. The first kappa shape index (κ1) is 20.5. The van der Waals surface area contributed by atoms with Crippen LogP contribution in [-0.4, -0.2) is 11.3 Å². The number of aliphatic imine (C=N–C) groups is 1. The number of fused-ring (bicyclic) bond motifs is 1. The molecule has 1 aliphatic heterocycles. The van der Waals surface area contributed by atoms with Crippen LogP contribution in [0.25, 0.3) is 16.1 Å². The summed E-state index contributed by atoms with van der Waals surface area (Å²) in [4.78, 5) is 13.2. The second-order valence-corrected chi connectivity index (χ2v) is 8.89. The molecule has 0 spiro atoms. The van der Waals surface area contributed by atoms with Gasteiger partial charge in [0.05, 0.1) is 28.3 Å². The van der Waals surface area contributed by atoms with Crippen LogP contribution in [0.2, 0.25) is 5.02 Å². The summed E-state index contributed by atoms with van der Waals surface area (Å²) in [7, 11) is 0. The first-order valence-corrected chi connectivity index (χ1v) is 11.4. The number of thiophene rings is 1. The number of hydrogen-bond donors (Lipinski definition) is 0. The summed E-state index contributed by atoms with van der Waals surface area (Å²) in [6.45, 7) is 5.29. The minimum absolute atomic E-state index is 0.449. The van der Waals surface area contributed by atoms with E-state index in [2.05, 4.69) is 39.7 Å². The summed E-state index contributed by atoms with van der Waals surface area (Å²) in [5, 5.41) is 0.736. The van der Waals surface area contributed by atoms with E-state index < -0.39 is 0 Å². The lowest BCUT2D eigenvalue weighted by Crippen LogP contribution is -2.23. The number of nitrogens with zero attached hydrogens (tertiary/aromatic N) is 3. The third-order valence-corrected chi connectivity index (χ3v) is 6.63. The van der Waals surface area contributed by atoms with Gasteiger partial charge in [0.2, 0.25) is 0 Å². The molecule has 4 nitrogen and oxygen atoms in total. The maximum atomic E-state index is 6.03. The van der Waals surface area contributed by atoms with Crippen LogP contribution < -0.4 is 9.64 Å². The van der Waals surface area contributed by atoms with Gasteiger partial charge >= 0.3 is 0 Å². The molecule has 2 aromatic carbocycles. The lowest BCUT2D eigenvalue weighted by Gasteiger charge is -2.23. The number of aromatic nitrogens is 1. The third kappa shape index (κ3) is 4.44. The van der Waals surface area contributed by atoms with Gasteiger partial charge in [0.15, 0.2) is 0 Å². The first-order valence-electron chi connectivity index (χ1n) is 10.2. The van der Waals surface area contributed by atoms with Gasteiger partial charge in [0.25, 0.3) is 0 Å². The summed E-state index contributed by atoms with van der Waals surface area (Å²) in [6, 6.07) is 24.1. The molecule has 4 aromatic rings. The van der Waals surface area contributed by atoms with Crippen molar-refractivity contribution in [2.75, 3.05) is 4.90 Å². The Labute approximate surface area is 196 Å². The van der Waals surface area contributed by atoms with E-state index in [0.717, 1.165) is 44.8 Å². The first-order chi connectivity index (χ1) is 15.7. The molecule has 0 radical (unpaired) electrons. The highest BCUT2D eigenvalue weighted by atomic mass is 35.5. The van der Waals surface area contributed by atoms with Crippen LogP contribution in [0.4, 0.5) is 5.69 Å². The van der Waals surface area contributed by atoms with Crippen molar-refractivity contribution in [1.82, 2.24) is 4.98 Å². The highest BCUT2D eigenvalue weighted by Gasteiger charge is 2.21. The molecule has 1 aliphatic rings. The molecule has 3 heterocycles. The molecule has 32 heavy (non-hydrogen) atoms. The Balaban J connectivity index is 1.34. The summed E-state index contributed by atoms with van der Waals surface area (Å²) in [6.07, 6.45) is 3.62. The molecule has 5 rings (SSSR count). The van der Waals surface area contributed by atoms with Gasteiger partial charge in [-0.1, -0.05) is 36.4 Å². The van der Waals surface area contributed by atoms with Crippen molar-refractivity contribution in [3.63, 3.8) is 0 Å². The number of pyridine rings is 1. The number of benzene rings is 2.